The molecule has 1 aromatic rings. The van der Waals surface area contributed by atoms with Crippen LogP contribution in [0.15, 0.2) is 18.2 Å². The quantitative estimate of drug-likeness (QED) is 0.745. The smallest absolute Gasteiger partial charge is 0.335 e. The van der Waals surface area contributed by atoms with E-state index in [0.717, 1.165) is 12.8 Å². The van der Waals surface area contributed by atoms with Crippen molar-refractivity contribution >= 4 is 23.3 Å². The van der Waals surface area contributed by atoms with Gasteiger partial charge < -0.3 is 15.7 Å². The van der Waals surface area contributed by atoms with E-state index in [4.69, 9.17) is 5.11 Å². The van der Waals surface area contributed by atoms with Crippen molar-refractivity contribution in [2.45, 2.75) is 25.3 Å². The predicted molar refractivity (Wildman–Crippen MR) is 66.8 cm³/mol. The van der Waals surface area contributed by atoms with Crippen LogP contribution < -0.4 is 10.6 Å². The van der Waals surface area contributed by atoms with E-state index in [2.05, 4.69) is 10.6 Å². The van der Waals surface area contributed by atoms with Crippen molar-refractivity contribution in [1.82, 2.24) is 0 Å². The Labute approximate surface area is 104 Å². The third-order valence-electron chi connectivity index (χ3n) is 3.48. The van der Waals surface area contributed by atoms with Gasteiger partial charge in [-0.25, -0.2) is 4.79 Å². The van der Waals surface area contributed by atoms with Gasteiger partial charge in [0.1, 0.15) is 0 Å². The van der Waals surface area contributed by atoms with Gasteiger partial charge in [-0.05, 0) is 37.0 Å². The molecular formula is C13H14N2O3. The molecule has 0 aromatic heterocycles. The molecule has 1 amide bonds. The number of carboxylic acids is 1. The molecule has 5 nitrogen and oxygen atoms in total. The highest BCUT2D eigenvalue weighted by Crippen LogP contribution is 2.38. The summed E-state index contributed by atoms with van der Waals surface area (Å²) >= 11 is 0. The predicted octanol–water partition coefficient (Wildman–Crippen LogP) is 1.92. The Morgan fingerprint density at radius 2 is 2.06 bits per heavy atom. The van der Waals surface area contributed by atoms with Crippen LogP contribution >= 0.6 is 0 Å². The van der Waals surface area contributed by atoms with Crippen molar-refractivity contribution < 1.29 is 14.7 Å². The third-order valence-corrected chi connectivity index (χ3v) is 3.48. The zero-order valence-electron chi connectivity index (χ0n) is 9.77. The minimum absolute atomic E-state index is 0.0128. The van der Waals surface area contributed by atoms with Crippen LogP contribution in [0.2, 0.25) is 0 Å². The average molecular weight is 246 g/mol. The normalized spacial score (nSPS) is 22.4. The fraction of sp³-hybridized carbons (Fsp3) is 0.385. The second kappa shape index (κ2) is 4.01. The van der Waals surface area contributed by atoms with Crippen LogP contribution in [0, 0.1) is 5.92 Å². The first kappa shape index (κ1) is 11.1. The summed E-state index contributed by atoms with van der Waals surface area (Å²) in [7, 11) is 0. The zero-order valence-corrected chi connectivity index (χ0v) is 9.77. The van der Waals surface area contributed by atoms with Gasteiger partial charge >= 0.3 is 5.97 Å². The number of aromatic carboxylic acids is 1. The van der Waals surface area contributed by atoms with Crippen molar-refractivity contribution in [3.8, 4) is 0 Å². The largest absolute Gasteiger partial charge is 0.478 e. The highest BCUT2D eigenvalue weighted by Gasteiger charge is 2.34. The monoisotopic (exact) mass is 246 g/mol. The van der Waals surface area contributed by atoms with Crippen molar-refractivity contribution in [2.24, 2.45) is 5.92 Å². The summed E-state index contributed by atoms with van der Waals surface area (Å²) in [5.74, 6) is -0.436. The third kappa shape index (κ3) is 2.03. The van der Waals surface area contributed by atoms with Gasteiger partial charge in [-0.3, -0.25) is 4.79 Å². The molecule has 0 radical (unpaired) electrons. The molecule has 1 saturated carbocycles. The molecule has 1 unspecified atom stereocenters. The maximum Gasteiger partial charge on any atom is 0.335 e. The second-order valence-electron chi connectivity index (χ2n) is 4.91. The molecule has 0 spiro atoms. The number of benzene rings is 1. The number of carbonyl (C=O) groups is 2. The molecule has 3 rings (SSSR count). The van der Waals surface area contributed by atoms with Crippen LogP contribution in [0.25, 0.3) is 0 Å². The lowest BCUT2D eigenvalue weighted by atomic mass is 10.1. The Morgan fingerprint density at radius 1 is 1.28 bits per heavy atom. The number of carbonyl (C=O) groups excluding carboxylic acids is 1. The molecule has 1 aliphatic carbocycles. The van der Waals surface area contributed by atoms with E-state index in [9.17, 15) is 9.59 Å². The van der Waals surface area contributed by atoms with Crippen LogP contribution in [0.5, 0.6) is 0 Å². The minimum Gasteiger partial charge on any atom is -0.478 e. The molecule has 5 heteroatoms. The van der Waals surface area contributed by atoms with Gasteiger partial charge in [-0.1, -0.05) is 0 Å². The maximum absolute atomic E-state index is 11.7. The molecule has 2 aliphatic rings. The van der Waals surface area contributed by atoms with Gasteiger partial charge in [0.2, 0.25) is 5.91 Å². The Hall–Kier alpha value is -2.04. The maximum atomic E-state index is 11.7. The zero-order chi connectivity index (χ0) is 12.7. The average Bonchev–Trinajstić information content (AvgIpc) is 3.13. The first-order valence-corrected chi connectivity index (χ1v) is 6.07. The highest BCUT2D eigenvalue weighted by atomic mass is 16.4. The van der Waals surface area contributed by atoms with Gasteiger partial charge in [0.15, 0.2) is 0 Å². The number of nitrogens with one attached hydrogen (secondary N) is 2. The van der Waals surface area contributed by atoms with Gasteiger partial charge in [0.25, 0.3) is 0 Å². The fourth-order valence-corrected chi connectivity index (χ4v) is 2.34. The highest BCUT2D eigenvalue weighted by molar-refractivity contribution is 5.98. The van der Waals surface area contributed by atoms with Gasteiger partial charge in [0.05, 0.1) is 16.9 Å². The van der Waals surface area contributed by atoms with E-state index in [1.165, 1.54) is 6.07 Å². The first-order chi connectivity index (χ1) is 8.63. The van der Waals surface area contributed by atoms with Gasteiger partial charge in [0, 0.05) is 12.5 Å². The van der Waals surface area contributed by atoms with Crippen LogP contribution in [0.4, 0.5) is 11.4 Å². The molecule has 18 heavy (non-hydrogen) atoms. The summed E-state index contributed by atoms with van der Waals surface area (Å²) in [4.78, 5) is 22.7. The number of carboxylic acid groups (broad SMARTS) is 1. The van der Waals surface area contributed by atoms with E-state index >= 15 is 0 Å². The van der Waals surface area contributed by atoms with Gasteiger partial charge in [-0.15, -0.1) is 0 Å². The molecule has 1 aliphatic heterocycles. The van der Waals surface area contributed by atoms with E-state index in [1.807, 2.05) is 0 Å². The molecule has 3 N–H and O–H groups in total. The molecule has 1 fully saturated rings. The number of hydrogen-bond acceptors (Lipinski definition) is 3. The summed E-state index contributed by atoms with van der Waals surface area (Å²) in [6.45, 7) is 0. The van der Waals surface area contributed by atoms with Crippen LogP contribution in [0.1, 0.15) is 29.6 Å². The van der Waals surface area contributed by atoms with Crippen LogP contribution in [0.3, 0.4) is 0 Å². The second-order valence-corrected chi connectivity index (χ2v) is 4.91. The Kier molecular flexibility index (Phi) is 2.47. The van der Waals surface area contributed by atoms with E-state index in [0.29, 0.717) is 23.7 Å². The lowest BCUT2D eigenvalue weighted by Gasteiger charge is -2.16. The lowest BCUT2D eigenvalue weighted by molar-refractivity contribution is -0.116. The van der Waals surface area contributed by atoms with E-state index < -0.39 is 5.97 Å². The number of rotatable bonds is 2. The van der Waals surface area contributed by atoms with Crippen molar-refractivity contribution in [3.05, 3.63) is 23.8 Å². The molecule has 1 atom stereocenters. The fourth-order valence-electron chi connectivity index (χ4n) is 2.34. The Bertz CT molecular complexity index is 523. The number of anilines is 2. The Balaban J connectivity index is 1.96. The molecule has 1 aromatic carbocycles. The summed E-state index contributed by atoms with van der Waals surface area (Å²) in [6, 6.07) is 4.84. The standard InChI is InChI=1S/C13H14N2O3/c16-12-6-10(7-1-2-7)14-11-5-8(13(17)18)3-4-9(11)15-12/h3-5,7,10,14H,1-2,6H2,(H,15,16)(H,17,18). The number of fused-ring (bicyclic) bond motifs is 1. The van der Waals surface area contributed by atoms with Crippen LogP contribution in [-0.2, 0) is 4.79 Å². The van der Waals surface area contributed by atoms with Crippen LogP contribution in [-0.4, -0.2) is 23.0 Å². The molecule has 1 heterocycles. The van der Waals surface area contributed by atoms with Crippen molar-refractivity contribution in [3.63, 3.8) is 0 Å². The summed E-state index contributed by atoms with van der Waals surface area (Å²) in [5, 5.41) is 15.1. The van der Waals surface area contributed by atoms with Crippen molar-refractivity contribution in [2.75, 3.05) is 10.6 Å². The van der Waals surface area contributed by atoms with Gasteiger partial charge in [-0.2, -0.15) is 0 Å². The topological polar surface area (TPSA) is 78.4 Å². The first-order valence-electron chi connectivity index (χ1n) is 6.07. The summed E-state index contributed by atoms with van der Waals surface area (Å²) < 4.78 is 0. The summed E-state index contributed by atoms with van der Waals surface area (Å²) in [6.07, 6.45) is 2.72. The van der Waals surface area contributed by atoms with E-state index in [-0.39, 0.29) is 17.5 Å². The molecule has 94 valence electrons. The molecular weight excluding hydrogens is 232 g/mol. The Morgan fingerprint density at radius 3 is 2.72 bits per heavy atom. The number of hydrogen-bond donors (Lipinski definition) is 3. The molecule has 0 bridgehead atoms. The summed E-state index contributed by atoms with van der Waals surface area (Å²) in [5.41, 5.74) is 1.60. The lowest BCUT2D eigenvalue weighted by Crippen LogP contribution is -2.24. The SMILES string of the molecule is O=C1CC(C2CC2)Nc2cc(C(=O)O)ccc2N1. The van der Waals surface area contributed by atoms with E-state index in [1.54, 1.807) is 12.1 Å². The molecule has 0 saturated heterocycles. The number of amides is 1. The minimum atomic E-state index is -0.960. The van der Waals surface area contributed by atoms with Crippen molar-refractivity contribution in [1.29, 1.82) is 0 Å².